The van der Waals surface area contributed by atoms with Gasteiger partial charge in [0.2, 0.25) is 12.6 Å². The van der Waals surface area contributed by atoms with Crippen molar-refractivity contribution in [1.29, 1.82) is 0 Å². The summed E-state index contributed by atoms with van der Waals surface area (Å²) in [4.78, 5) is 0. The molecule has 5 unspecified atom stereocenters. The van der Waals surface area contributed by atoms with Crippen LogP contribution in [0.25, 0.3) is 0 Å². The fourth-order valence-corrected chi connectivity index (χ4v) is 2.18. The molecule has 10 heteroatoms. The van der Waals surface area contributed by atoms with Crippen molar-refractivity contribution in [3.63, 3.8) is 0 Å². The van der Waals surface area contributed by atoms with Crippen LogP contribution in [0.3, 0.4) is 0 Å². The Bertz CT molecular complexity index is 297. The zero-order chi connectivity index (χ0) is 18.2. The molecule has 0 aliphatic rings. The van der Waals surface area contributed by atoms with E-state index in [4.69, 9.17) is 14.2 Å². The maximum atomic E-state index is 10.0. The average Bonchev–Trinajstić information content (AvgIpc) is 2.48. The second-order valence-electron chi connectivity index (χ2n) is 5.17. The summed E-state index contributed by atoms with van der Waals surface area (Å²) >= 11 is 3.98. The lowest BCUT2D eigenvalue weighted by Crippen LogP contribution is -2.52. The molecule has 0 fully saturated rings. The molecule has 0 spiro atoms. The molecule has 0 bridgehead atoms. The Labute approximate surface area is 140 Å². The highest BCUT2D eigenvalue weighted by Gasteiger charge is 2.37. The van der Waals surface area contributed by atoms with Gasteiger partial charge in [-0.2, -0.15) is 12.6 Å². The van der Waals surface area contributed by atoms with Crippen LogP contribution in [0.1, 0.15) is 13.8 Å². The first-order valence-corrected chi connectivity index (χ1v) is 7.78. The van der Waals surface area contributed by atoms with E-state index in [0.717, 1.165) is 0 Å². The SMILES string of the molecule is COC(CO)C(OC(OC(CS)[C@H](C)O)C(O)O)C(O)[C@@H](C)O. The normalized spacial score (nSPS) is 21.5. The van der Waals surface area contributed by atoms with Crippen molar-refractivity contribution in [2.24, 2.45) is 0 Å². The van der Waals surface area contributed by atoms with Gasteiger partial charge in [-0.1, -0.05) is 0 Å². The molecule has 0 aromatic heterocycles. The second kappa shape index (κ2) is 11.5. The lowest BCUT2D eigenvalue weighted by molar-refractivity contribution is -0.310. The van der Waals surface area contributed by atoms with Crippen LogP contribution in [0.4, 0.5) is 0 Å². The Kier molecular flexibility index (Phi) is 11.5. The molecule has 0 rings (SSSR count). The number of hydrogen-bond acceptors (Lipinski definition) is 10. The number of aliphatic hydroxyl groups is 6. The monoisotopic (exact) mass is 360 g/mol. The quantitative estimate of drug-likeness (QED) is 0.147. The van der Waals surface area contributed by atoms with Crippen molar-refractivity contribution in [1.82, 2.24) is 0 Å². The summed E-state index contributed by atoms with van der Waals surface area (Å²) in [5.41, 5.74) is 0. The van der Waals surface area contributed by atoms with Gasteiger partial charge in [0.1, 0.15) is 18.3 Å². The van der Waals surface area contributed by atoms with Gasteiger partial charge in [-0.05, 0) is 13.8 Å². The Morgan fingerprint density at radius 2 is 1.48 bits per heavy atom. The number of ether oxygens (including phenoxy) is 3. The first kappa shape index (κ1) is 23.0. The van der Waals surface area contributed by atoms with Crippen molar-refractivity contribution >= 4 is 12.6 Å². The summed E-state index contributed by atoms with van der Waals surface area (Å²) in [6, 6.07) is 0. The molecule has 0 aliphatic carbocycles. The van der Waals surface area contributed by atoms with Gasteiger partial charge in [-0.3, -0.25) is 0 Å². The van der Waals surface area contributed by atoms with E-state index in [-0.39, 0.29) is 5.75 Å². The van der Waals surface area contributed by atoms with Crippen LogP contribution in [0.2, 0.25) is 0 Å². The van der Waals surface area contributed by atoms with Gasteiger partial charge in [0.15, 0.2) is 0 Å². The molecule has 0 saturated heterocycles. The van der Waals surface area contributed by atoms with Crippen LogP contribution in [0, 0.1) is 0 Å². The number of rotatable bonds is 12. The number of hydrogen-bond donors (Lipinski definition) is 7. The van der Waals surface area contributed by atoms with E-state index in [1.54, 1.807) is 0 Å². The average molecular weight is 360 g/mol. The van der Waals surface area contributed by atoms with E-state index in [1.807, 2.05) is 0 Å². The maximum absolute atomic E-state index is 10.0. The first-order valence-electron chi connectivity index (χ1n) is 7.15. The highest BCUT2D eigenvalue weighted by molar-refractivity contribution is 7.80. The molecular weight excluding hydrogens is 332 g/mol. The molecule has 0 heterocycles. The van der Waals surface area contributed by atoms with E-state index >= 15 is 0 Å². The Balaban J connectivity index is 5.20. The Morgan fingerprint density at radius 1 is 0.913 bits per heavy atom. The highest BCUT2D eigenvalue weighted by atomic mass is 32.1. The predicted molar refractivity (Wildman–Crippen MR) is 82.9 cm³/mol. The van der Waals surface area contributed by atoms with Crippen molar-refractivity contribution < 1.29 is 44.8 Å². The van der Waals surface area contributed by atoms with Gasteiger partial charge < -0.3 is 44.8 Å². The topological polar surface area (TPSA) is 149 Å². The van der Waals surface area contributed by atoms with Gasteiger partial charge in [-0.15, -0.1) is 0 Å². The van der Waals surface area contributed by atoms with Gasteiger partial charge >= 0.3 is 0 Å². The van der Waals surface area contributed by atoms with E-state index in [9.17, 15) is 30.6 Å². The third kappa shape index (κ3) is 7.61. The predicted octanol–water partition coefficient (Wildman–Crippen LogP) is -2.55. The summed E-state index contributed by atoms with van der Waals surface area (Å²) in [7, 11) is 1.25. The molecule has 0 aromatic rings. The fourth-order valence-electron chi connectivity index (χ4n) is 1.78. The minimum absolute atomic E-state index is 0.0710. The summed E-state index contributed by atoms with van der Waals surface area (Å²) in [5.74, 6) is 0.0710. The van der Waals surface area contributed by atoms with Gasteiger partial charge in [0.05, 0.1) is 24.9 Å². The largest absolute Gasteiger partial charge is 0.394 e. The lowest BCUT2D eigenvalue weighted by Gasteiger charge is -2.35. The molecule has 9 nitrogen and oxygen atoms in total. The van der Waals surface area contributed by atoms with Gasteiger partial charge in [-0.25, -0.2) is 0 Å². The molecule has 0 aliphatic heterocycles. The van der Waals surface area contributed by atoms with E-state index in [0.29, 0.717) is 0 Å². The van der Waals surface area contributed by atoms with Crippen molar-refractivity contribution in [2.45, 2.75) is 63.1 Å². The lowest BCUT2D eigenvalue weighted by atomic mass is 10.0. The molecule has 0 radical (unpaired) electrons. The number of thiol groups is 1. The van der Waals surface area contributed by atoms with Crippen LogP contribution in [-0.4, -0.2) is 99.3 Å². The number of methoxy groups -OCH3 is 1. The Morgan fingerprint density at radius 3 is 1.78 bits per heavy atom. The zero-order valence-corrected chi connectivity index (χ0v) is 14.3. The summed E-state index contributed by atoms with van der Waals surface area (Å²) < 4.78 is 15.5. The minimum Gasteiger partial charge on any atom is -0.394 e. The molecule has 6 N–H and O–H groups in total. The summed E-state index contributed by atoms with van der Waals surface area (Å²) in [6.07, 6.45) is -10.7. The molecule has 0 saturated carbocycles. The van der Waals surface area contributed by atoms with Crippen molar-refractivity contribution in [2.75, 3.05) is 19.5 Å². The van der Waals surface area contributed by atoms with Crippen LogP contribution in [0.5, 0.6) is 0 Å². The first-order chi connectivity index (χ1) is 10.7. The maximum Gasteiger partial charge on any atom is 0.209 e. The smallest absolute Gasteiger partial charge is 0.209 e. The molecule has 0 aromatic carbocycles. The minimum atomic E-state index is -2.10. The third-order valence-electron chi connectivity index (χ3n) is 3.24. The van der Waals surface area contributed by atoms with Crippen molar-refractivity contribution in [3.8, 4) is 0 Å². The fraction of sp³-hybridized carbons (Fsp3) is 1.00. The molecule has 23 heavy (non-hydrogen) atoms. The van der Waals surface area contributed by atoms with Crippen molar-refractivity contribution in [3.05, 3.63) is 0 Å². The summed E-state index contributed by atoms with van der Waals surface area (Å²) in [5, 5.41) is 57.1. The molecule has 140 valence electrons. The molecular formula is C13H28O9S. The molecule has 7 atom stereocenters. The van der Waals surface area contributed by atoms with Gasteiger partial charge in [0.25, 0.3) is 0 Å². The van der Waals surface area contributed by atoms with Crippen LogP contribution in [-0.2, 0) is 14.2 Å². The Hall–Kier alpha value is -0.0100. The van der Waals surface area contributed by atoms with E-state index in [2.05, 4.69) is 12.6 Å². The summed E-state index contributed by atoms with van der Waals surface area (Å²) in [6.45, 7) is 2.17. The van der Waals surface area contributed by atoms with Crippen LogP contribution >= 0.6 is 12.6 Å². The van der Waals surface area contributed by atoms with E-state index < -0.39 is 55.8 Å². The van der Waals surface area contributed by atoms with Gasteiger partial charge in [0, 0.05) is 12.9 Å². The second-order valence-corrected chi connectivity index (χ2v) is 5.53. The van der Waals surface area contributed by atoms with E-state index in [1.165, 1.54) is 21.0 Å². The van der Waals surface area contributed by atoms with Crippen LogP contribution in [0.15, 0.2) is 0 Å². The standard InChI is InChI=1S/C13H28O9S/c1-6(15)9(5-23)21-13(12(18)19)22-11(8(4-14)20-3)10(17)7(2)16/h6-19,23H,4-5H2,1-3H3/t6-,7+,8?,9?,10?,11?,13?/m0/s1. The third-order valence-corrected chi connectivity index (χ3v) is 3.60. The zero-order valence-electron chi connectivity index (χ0n) is 13.4. The molecule has 0 amide bonds. The highest BCUT2D eigenvalue weighted by Crippen LogP contribution is 2.18. The van der Waals surface area contributed by atoms with Crippen LogP contribution < -0.4 is 0 Å². The number of aliphatic hydroxyl groups excluding tert-OH is 5.